The van der Waals surface area contributed by atoms with E-state index in [9.17, 15) is 9.59 Å². The van der Waals surface area contributed by atoms with Crippen molar-refractivity contribution < 1.29 is 19.1 Å². The largest absolute Gasteiger partial charge is 0.461 e. The SMILES string of the molecule is C=C(C)C(=O)OC12CC3C(=O)OC(C3C1)C2C. The molecule has 0 aromatic heterocycles. The van der Waals surface area contributed by atoms with Gasteiger partial charge in [-0.2, -0.15) is 0 Å². The highest BCUT2D eigenvalue weighted by atomic mass is 16.6. The van der Waals surface area contributed by atoms with Gasteiger partial charge in [-0.1, -0.05) is 13.5 Å². The van der Waals surface area contributed by atoms with Crippen LogP contribution in [0.5, 0.6) is 0 Å². The van der Waals surface area contributed by atoms with Crippen molar-refractivity contribution in [3.8, 4) is 0 Å². The summed E-state index contributed by atoms with van der Waals surface area (Å²) in [5.41, 5.74) is -0.0936. The Kier molecular flexibility index (Phi) is 1.98. The molecule has 1 aliphatic heterocycles. The van der Waals surface area contributed by atoms with Gasteiger partial charge in [0.15, 0.2) is 0 Å². The van der Waals surface area contributed by atoms with Gasteiger partial charge >= 0.3 is 11.9 Å². The standard InChI is InChI=1S/C13H16O4/c1-6(2)11(14)17-13-4-8-9(5-13)12(15)16-10(8)7(13)3/h7-10H,1,4-5H2,2-3H3. The van der Waals surface area contributed by atoms with E-state index in [1.54, 1.807) is 6.92 Å². The fraction of sp³-hybridized carbons (Fsp3) is 0.692. The molecule has 17 heavy (non-hydrogen) atoms. The van der Waals surface area contributed by atoms with Gasteiger partial charge in [-0.15, -0.1) is 0 Å². The third-order valence-electron chi connectivity index (χ3n) is 4.61. The molecule has 0 radical (unpaired) electrons. The first-order valence-electron chi connectivity index (χ1n) is 6.04. The van der Waals surface area contributed by atoms with E-state index in [-0.39, 0.29) is 35.8 Å². The summed E-state index contributed by atoms with van der Waals surface area (Å²) in [6, 6.07) is 0. The van der Waals surface area contributed by atoms with E-state index in [4.69, 9.17) is 9.47 Å². The first-order valence-corrected chi connectivity index (χ1v) is 6.04. The number of fused-ring (bicyclic) bond motifs is 1. The maximum absolute atomic E-state index is 11.7. The van der Waals surface area contributed by atoms with Crippen molar-refractivity contribution in [3.05, 3.63) is 12.2 Å². The molecule has 92 valence electrons. The Morgan fingerprint density at radius 1 is 1.53 bits per heavy atom. The second-order valence-corrected chi connectivity index (χ2v) is 5.60. The molecule has 0 aromatic rings. The molecule has 5 atom stereocenters. The maximum atomic E-state index is 11.7. The summed E-state index contributed by atoms with van der Waals surface area (Å²) in [5.74, 6) is -0.188. The molecule has 4 heteroatoms. The molecule has 0 N–H and O–H groups in total. The molecule has 4 nitrogen and oxygen atoms in total. The minimum Gasteiger partial charge on any atom is -0.461 e. The summed E-state index contributed by atoms with van der Waals surface area (Å²) in [7, 11) is 0. The van der Waals surface area contributed by atoms with Crippen LogP contribution < -0.4 is 0 Å². The zero-order valence-corrected chi connectivity index (χ0v) is 10.1. The first-order chi connectivity index (χ1) is 7.94. The second-order valence-electron chi connectivity index (χ2n) is 5.60. The molecule has 1 saturated heterocycles. The molecule has 2 bridgehead atoms. The van der Waals surface area contributed by atoms with Gasteiger partial charge in [-0.25, -0.2) is 4.79 Å². The van der Waals surface area contributed by atoms with Crippen LogP contribution in [0, 0.1) is 17.8 Å². The molecule has 0 spiro atoms. The molecule has 3 rings (SSSR count). The van der Waals surface area contributed by atoms with Gasteiger partial charge in [-0.3, -0.25) is 4.79 Å². The summed E-state index contributed by atoms with van der Waals surface area (Å²) in [6.07, 6.45) is 1.32. The number of esters is 2. The molecule has 5 unspecified atom stereocenters. The van der Waals surface area contributed by atoms with Gasteiger partial charge in [-0.05, 0) is 13.3 Å². The lowest BCUT2D eigenvalue weighted by Gasteiger charge is -2.33. The Hall–Kier alpha value is -1.32. The van der Waals surface area contributed by atoms with Gasteiger partial charge < -0.3 is 9.47 Å². The Balaban J connectivity index is 1.88. The Morgan fingerprint density at radius 2 is 2.24 bits per heavy atom. The predicted molar refractivity (Wildman–Crippen MR) is 58.9 cm³/mol. The number of ether oxygens (including phenoxy) is 2. The average Bonchev–Trinajstić information content (AvgIpc) is 2.81. The number of carbonyl (C=O) groups excluding carboxylic acids is 2. The van der Waals surface area contributed by atoms with Gasteiger partial charge in [0.05, 0.1) is 5.92 Å². The van der Waals surface area contributed by atoms with Crippen LogP contribution in [0.1, 0.15) is 26.7 Å². The average molecular weight is 236 g/mol. The van der Waals surface area contributed by atoms with E-state index in [0.717, 1.165) is 6.42 Å². The Morgan fingerprint density at radius 3 is 2.82 bits per heavy atom. The zero-order chi connectivity index (χ0) is 12.4. The minimum absolute atomic E-state index is 0.0563. The lowest BCUT2D eigenvalue weighted by molar-refractivity contribution is -0.160. The van der Waals surface area contributed by atoms with Crippen LogP contribution in [0.15, 0.2) is 12.2 Å². The third kappa shape index (κ3) is 1.24. The molecule has 3 aliphatic rings. The van der Waals surface area contributed by atoms with Crippen LogP contribution in [0.3, 0.4) is 0 Å². The van der Waals surface area contributed by atoms with Crippen molar-refractivity contribution in [1.29, 1.82) is 0 Å². The molecule has 3 fully saturated rings. The lowest BCUT2D eigenvalue weighted by Crippen LogP contribution is -2.41. The monoisotopic (exact) mass is 236 g/mol. The van der Waals surface area contributed by atoms with Crippen LogP contribution in [-0.4, -0.2) is 23.6 Å². The highest BCUT2D eigenvalue weighted by molar-refractivity contribution is 5.87. The van der Waals surface area contributed by atoms with Crippen molar-refractivity contribution >= 4 is 11.9 Å². The fourth-order valence-electron chi connectivity index (χ4n) is 3.65. The van der Waals surface area contributed by atoms with Crippen LogP contribution in [0.4, 0.5) is 0 Å². The summed E-state index contributed by atoms with van der Waals surface area (Å²) in [4.78, 5) is 23.3. The molecule has 0 aromatic carbocycles. The van der Waals surface area contributed by atoms with Gasteiger partial charge in [0.1, 0.15) is 11.7 Å². The van der Waals surface area contributed by atoms with Gasteiger partial charge in [0.2, 0.25) is 0 Å². The Bertz CT molecular complexity index is 427. The van der Waals surface area contributed by atoms with Crippen molar-refractivity contribution in [2.24, 2.45) is 17.8 Å². The summed E-state index contributed by atoms with van der Waals surface area (Å²) in [5, 5.41) is 0. The normalized spacial score (nSPS) is 45.9. The van der Waals surface area contributed by atoms with Crippen LogP contribution in [-0.2, 0) is 19.1 Å². The predicted octanol–water partition coefficient (Wildman–Crippen LogP) is 1.45. The van der Waals surface area contributed by atoms with Crippen molar-refractivity contribution in [1.82, 2.24) is 0 Å². The molecular formula is C13H16O4. The Labute approximate surface area is 100.0 Å². The van der Waals surface area contributed by atoms with E-state index in [0.29, 0.717) is 12.0 Å². The number of carbonyl (C=O) groups is 2. The van der Waals surface area contributed by atoms with Crippen LogP contribution in [0.2, 0.25) is 0 Å². The van der Waals surface area contributed by atoms with E-state index in [1.807, 2.05) is 6.92 Å². The van der Waals surface area contributed by atoms with E-state index in [2.05, 4.69) is 6.58 Å². The number of hydrogen-bond acceptors (Lipinski definition) is 4. The fourth-order valence-corrected chi connectivity index (χ4v) is 3.65. The summed E-state index contributed by atoms with van der Waals surface area (Å²) in [6.45, 7) is 7.24. The van der Waals surface area contributed by atoms with Gasteiger partial charge in [0.25, 0.3) is 0 Å². The number of hydrogen-bond donors (Lipinski definition) is 0. The van der Waals surface area contributed by atoms with E-state index >= 15 is 0 Å². The van der Waals surface area contributed by atoms with Gasteiger partial charge in [0, 0.05) is 23.8 Å². The second kappa shape index (κ2) is 3.12. The van der Waals surface area contributed by atoms with Crippen LogP contribution >= 0.6 is 0 Å². The topological polar surface area (TPSA) is 52.6 Å². The molecule has 2 aliphatic carbocycles. The highest BCUT2D eigenvalue weighted by Gasteiger charge is 2.69. The highest BCUT2D eigenvalue weighted by Crippen LogP contribution is 2.61. The zero-order valence-electron chi connectivity index (χ0n) is 10.1. The smallest absolute Gasteiger partial charge is 0.333 e. The van der Waals surface area contributed by atoms with Crippen molar-refractivity contribution in [2.45, 2.75) is 38.4 Å². The van der Waals surface area contributed by atoms with E-state index in [1.165, 1.54) is 0 Å². The quantitative estimate of drug-likeness (QED) is 0.538. The molecule has 1 heterocycles. The van der Waals surface area contributed by atoms with Crippen molar-refractivity contribution in [2.75, 3.05) is 0 Å². The van der Waals surface area contributed by atoms with Crippen molar-refractivity contribution in [3.63, 3.8) is 0 Å². The maximum Gasteiger partial charge on any atom is 0.333 e. The summed E-state index contributed by atoms with van der Waals surface area (Å²) >= 11 is 0. The first kappa shape index (κ1) is 10.8. The minimum atomic E-state index is -0.498. The molecule has 2 saturated carbocycles. The third-order valence-corrected chi connectivity index (χ3v) is 4.61. The number of rotatable bonds is 2. The lowest BCUT2D eigenvalue weighted by atomic mass is 9.80. The van der Waals surface area contributed by atoms with E-state index < -0.39 is 5.60 Å². The molecule has 0 amide bonds. The summed E-state index contributed by atoms with van der Waals surface area (Å²) < 4.78 is 11.0. The molecular weight excluding hydrogens is 220 g/mol. The van der Waals surface area contributed by atoms with Crippen LogP contribution in [0.25, 0.3) is 0 Å².